The fourth-order valence-corrected chi connectivity index (χ4v) is 1.92. The molecule has 2 aromatic rings. The number of phenolic OH excluding ortho intramolecular Hbond substituents is 1. The molecule has 0 unspecified atom stereocenters. The quantitative estimate of drug-likeness (QED) is 0.682. The van der Waals surface area contributed by atoms with Crippen LogP contribution in [0.3, 0.4) is 0 Å². The van der Waals surface area contributed by atoms with Crippen molar-refractivity contribution in [1.82, 2.24) is 0 Å². The van der Waals surface area contributed by atoms with E-state index >= 15 is 0 Å². The van der Waals surface area contributed by atoms with E-state index in [1.54, 1.807) is 37.5 Å². The van der Waals surface area contributed by atoms with E-state index in [2.05, 4.69) is 6.07 Å². The summed E-state index contributed by atoms with van der Waals surface area (Å²) < 4.78 is 5.08. The van der Waals surface area contributed by atoms with Crippen molar-refractivity contribution in [3.05, 3.63) is 58.6 Å². The van der Waals surface area contributed by atoms with Crippen LogP contribution >= 0.6 is 11.6 Å². The Morgan fingerprint density at radius 1 is 1.25 bits per heavy atom. The van der Waals surface area contributed by atoms with Gasteiger partial charge in [-0.2, -0.15) is 5.26 Å². The molecule has 0 amide bonds. The average molecular weight is 286 g/mol. The molecular formula is C16H12ClNO2. The lowest BCUT2D eigenvalue weighted by Crippen LogP contribution is -1.85. The minimum absolute atomic E-state index is 0.0202. The molecule has 0 aliphatic rings. The van der Waals surface area contributed by atoms with Gasteiger partial charge >= 0.3 is 0 Å². The van der Waals surface area contributed by atoms with Gasteiger partial charge in [0, 0.05) is 0 Å². The SMILES string of the molecule is COc1ccc(/C(C#N)=C/c2ccc(O)c(Cl)c2)cc1. The average Bonchev–Trinajstić information content (AvgIpc) is 2.48. The number of hydrogen-bond donors (Lipinski definition) is 1. The van der Waals surface area contributed by atoms with Gasteiger partial charge in [0.05, 0.1) is 23.8 Å². The number of allylic oxidation sites excluding steroid dienone is 1. The molecule has 0 heterocycles. The molecule has 100 valence electrons. The van der Waals surface area contributed by atoms with Crippen LogP contribution in [0.2, 0.25) is 5.02 Å². The topological polar surface area (TPSA) is 53.2 Å². The molecule has 0 saturated heterocycles. The van der Waals surface area contributed by atoms with Gasteiger partial charge in [-0.1, -0.05) is 17.7 Å². The number of ether oxygens (including phenoxy) is 1. The van der Waals surface area contributed by atoms with Crippen molar-refractivity contribution in [3.63, 3.8) is 0 Å². The molecule has 1 N–H and O–H groups in total. The third-order valence-electron chi connectivity index (χ3n) is 2.80. The highest BCUT2D eigenvalue weighted by Gasteiger charge is 2.03. The van der Waals surface area contributed by atoms with Gasteiger partial charge in [-0.25, -0.2) is 0 Å². The van der Waals surface area contributed by atoms with Gasteiger partial charge < -0.3 is 9.84 Å². The molecule has 0 bridgehead atoms. The first-order chi connectivity index (χ1) is 9.63. The molecule has 0 aliphatic heterocycles. The molecule has 3 nitrogen and oxygen atoms in total. The molecule has 0 aromatic heterocycles. The number of methoxy groups -OCH3 is 1. The van der Waals surface area contributed by atoms with Gasteiger partial charge in [0.1, 0.15) is 11.5 Å². The van der Waals surface area contributed by atoms with Crippen molar-refractivity contribution >= 4 is 23.3 Å². The highest BCUT2D eigenvalue weighted by atomic mass is 35.5. The van der Waals surface area contributed by atoms with E-state index in [4.69, 9.17) is 16.3 Å². The van der Waals surface area contributed by atoms with Gasteiger partial charge in [-0.05, 0) is 53.6 Å². The Morgan fingerprint density at radius 3 is 2.50 bits per heavy atom. The zero-order chi connectivity index (χ0) is 14.5. The standard InChI is InChI=1S/C16H12ClNO2/c1-20-14-5-3-12(4-6-14)13(10-18)8-11-2-7-16(19)15(17)9-11/h2-9,19H,1H3/b13-8+. The molecule has 0 fully saturated rings. The minimum atomic E-state index is 0.0202. The second-order valence-corrected chi connectivity index (χ2v) is 4.52. The Morgan fingerprint density at radius 2 is 1.95 bits per heavy atom. The number of hydrogen-bond acceptors (Lipinski definition) is 3. The number of halogens is 1. The van der Waals surface area contributed by atoms with Gasteiger partial charge in [0.15, 0.2) is 0 Å². The van der Waals surface area contributed by atoms with Crippen LogP contribution in [0.15, 0.2) is 42.5 Å². The van der Waals surface area contributed by atoms with Crippen LogP contribution in [-0.4, -0.2) is 12.2 Å². The lowest BCUT2D eigenvalue weighted by Gasteiger charge is -2.03. The number of nitrogens with zero attached hydrogens (tertiary/aromatic N) is 1. The van der Waals surface area contributed by atoms with E-state index in [1.165, 1.54) is 6.07 Å². The van der Waals surface area contributed by atoms with Crippen molar-refractivity contribution in [2.45, 2.75) is 0 Å². The molecule has 0 atom stereocenters. The normalized spacial score (nSPS) is 10.9. The summed E-state index contributed by atoms with van der Waals surface area (Å²) in [6, 6.07) is 14.2. The van der Waals surface area contributed by atoms with Crippen molar-refractivity contribution in [3.8, 4) is 17.6 Å². The van der Waals surface area contributed by atoms with E-state index in [9.17, 15) is 10.4 Å². The highest BCUT2D eigenvalue weighted by Crippen LogP contribution is 2.26. The predicted molar refractivity (Wildman–Crippen MR) is 79.6 cm³/mol. The summed E-state index contributed by atoms with van der Waals surface area (Å²) in [6.45, 7) is 0. The maximum Gasteiger partial charge on any atom is 0.134 e. The molecule has 0 radical (unpaired) electrons. The molecule has 2 aromatic carbocycles. The van der Waals surface area contributed by atoms with E-state index in [-0.39, 0.29) is 10.8 Å². The smallest absolute Gasteiger partial charge is 0.134 e. The number of phenols is 1. The van der Waals surface area contributed by atoms with Crippen molar-refractivity contribution < 1.29 is 9.84 Å². The second kappa shape index (κ2) is 6.14. The molecular weight excluding hydrogens is 274 g/mol. The summed E-state index contributed by atoms with van der Waals surface area (Å²) in [5.41, 5.74) is 2.05. The summed E-state index contributed by atoms with van der Waals surface area (Å²) in [5.74, 6) is 0.755. The van der Waals surface area contributed by atoms with Gasteiger partial charge in [0.2, 0.25) is 0 Å². The second-order valence-electron chi connectivity index (χ2n) is 4.11. The van der Waals surface area contributed by atoms with Gasteiger partial charge in [-0.15, -0.1) is 0 Å². The maximum absolute atomic E-state index is 9.38. The van der Waals surface area contributed by atoms with Crippen molar-refractivity contribution in [1.29, 1.82) is 5.26 Å². The van der Waals surface area contributed by atoms with Gasteiger partial charge in [-0.3, -0.25) is 0 Å². The van der Waals surface area contributed by atoms with Crippen LogP contribution in [0.1, 0.15) is 11.1 Å². The van der Waals surface area contributed by atoms with E-state index < -0.39 is 0 Å². The molecule has 4 heteroatoms. The van der Waals surface area contributed by atoms with Crippen molar-refractivity contribution in [2.75, 3.05) is 7.11 Å². The van der Waals surface area contributed by atoms with E-state index in [0.29, 0.717) is 5.57 Å². The van der Waals surface area contributed by atoms with Crippen LogP contribution in [-0.2, 0) is 0 Å². The summed E-state index contributed by atoms with van der Waals surface area (Å²) in [6.07, 6.45) is 1.72. The first-order valence-electron chi connectivity index (χ1n) is 5.89. The minimum Gasteiger partial charge on any atom is -0.506 e. The highest BCUT2D eigenvalue weighted by molar-refractivity contribution is 6.32. The molecule has 0 aliphatic carbocycles. The Hall–Kier alpha value is -2.44. The fourth-order valence-electron chi connectivity index (χ4n) is 1.73. The van der Waals surface area contributed by atoms with Crippen LogP contribution < -0.4 is 4.74 Å². The number of nitriles is 1. The Labute approximate surface area is 122 Å². The maximum atomic E-state index is 9.38. The van der Waals surface area contributed by atoms with Gasteiger partial charge in [0.25, 0.3) is 0 Å². The first-order valence-corrected chi connectivity index (χ1v) is 6.26. The predicted octanol–water partition coefficient (Wildman–Crippen LogP) is 4.12. The third-order valence-corrected chi connectivity index (χ3v) is 3.11. The molecule has 20 heavy (non-hydrogen) atoms. The summed E-state index contributed by atoms with van der Waals surface area (Å²) >= 11 is 5.85. The zero-order valence-corrected chi connectivity index (χ0v) is 11.6. The monoisotopic (exact) mass is 285 g/mol. The number of benzene rings is 2. The summed E-state index contributed by atoms with van der Waals surface area (Å²) in [4.78, 5) is 0. The largest absolute Gasteiger partial charge is 0.506 e. The Balaban J connectivity index is 2.37. The molecule has 0 saturated carbocycles. The van der Waals surface area contributed by atoms with Crippen LogP contribution in [0.25, 0.3) is 11.6 Å². The summed E-state index contributed by atoms with van der Waals surface area (Å²) in [5, 5.41) is 18.9. The number of rotatable bonds is 3. The van der Waals surface area contributed by atoms with Crippen molar-refractivity contribution in [2.24, 2.45) is 0 Å². The summed E-state index contributed by atoms with van der Waals surface area (Å²) in [7, 11) is 1.59. The lowest BCUT2D eigenvalue weighted by atomic mass is 10.0. The fraction of sp³-hybridized carbons (Fsp3) is 0.0625. The molecule has 0 spiro atoms. The Bertz CT molecular complexity index is 685. The molecule has 2 rings (SSSR count). The van der Waals surface area contributed by atoms with E-state index in [0.717, 1.165) is 16.9 Å². The first kappa shape index (κ1) is 14.0. The zero-order valence-electron chi connectivity index (χ0n) is 10.8. The van der Waals surface area contributed by atoms with Crippen LogP contribution in [0.4, 0.5) is 0 Å². The van der Waals surface area contributed by atoms with Crippen LogP contribution in [0, 0.1) is 11.3 Å². The van der Waals surface area contributed by atoms with Crippen LogP contribution in [0.5, 0.6) is 11.5 Å². The third kappa shape index (κ3) is 3.11. The lowest BCUT2D eigenvalue weighted by molar-refractivity contribution is 0.415. The van der Waals surface area contributed by atoms with E-state index in [1.807, 2.05) is 12.1 Å². The number of aromatic hydroxyl groups is 1. The Kier molecular flexibility index (Phi) is 4.29.